The molecule has 1 aliphatic carbocycles. The molecule has 0 N–H and O–H groups in total. The van der Waals surface area contributed by atoms with Gasteiger partial charge in [-0.25, -0.2) is 4.39 Å². The topological polar surface area (TPSA) is 64.8 Å². The van der Waals surface area contributed by atoms with Gasteiger partial charge in [0.15, 0.2) is 17.1 Å². The Morgan fingerprint density at radius 2 is 2.00 bits per heavy atom. The lowest BCUT2D eigenvalue weighted by Crippen LogP contribution is -2.34. The number of ether oxygens (including phenoxy) is 2. The Hall–Kier alpha value is -3.45. The van der Waals surface area contributed by atoms with Crippen molar-refractivity contribution < 1.29 is 23.2 Å². The summed E-state index contributed by atoms with van der Waals surface area (Å²) >= 11 is 0. The number of fused-ring (bicyclic) bond motifs is 1. The predicted molar refractivity (Wildman–Crippen MR) is 141 cm³/mol. The number of benzene rings is 2. The maximum atomic E-state index is 13.4. The van der Waals surface area contributed by atoms with Crippen LogP contribution in [0.5, 0.6) is 11.5 Å². The molecule has 0 amide bonds. The van der Waals surface area contributed by atoms with Crippen molar-refractivity contribution in [3.05, 3.63) is 77.8 Å². The van der Waals surface area contributed by atoms with Gasteiger partial charge in [0.25, 0.3) is 0 Å². The first-order valence-electron chi connectivity index (χ1n) is 12.9. The maximum Gasteiger partial charge on any atom is 0.170 e. The summed E-state index contributed by atoms with van der Waals surface area (Å²) in [5.74, 6) is 1.46. The SMILES string of the molecule is COc1cc(C2(C(C)=O)C=CC=CC2)ccc1OCCCN1CCC(c2noc3cc(F)ccc23)CC1. The number of ketones is 1. The third kappa shape index (κ3) is 5.18. The van der Waals surface area contributed by atoms with Crippen molar-refractivity contribution in [3.8, 4) is 11.5 Å². The number of halogens is 1. The summed E-state index contributed by atoms with van der Waals surface area (Å²) in [6.45, 7) is 5.12. The van der Waals surface area contributed by atoms with Crippen LogP contribution < -0.4 is 9.47 Å². The van der Waals surface area contributed by atoms with Gasteiger partial charge in [-0.3, -0.25) is 4.79 Å². The largest absolute Gasteiger partial charge is 0.493 e. The standard InChI is InChI=1S/C30H33FN2O4/c1-21(34)30(13-4-3-5-14-30)23-7-10-26(28(19-23)35-2)36-18-6-15-33-16-11-22(12-17-33)29-25-9-8-24(31)20-27(25)37-32-29/h3-5,7-10,13,19-20,22H,6,11-12,14-18H2,1-2H3. The van der Waals surface area contributed by atoms with Crippen LogP contribution in [0.4, 0.5) is 4.39 Å². The Morgan fingerprint density at radius 1 is 1.16 bits per heavy atom. The molecule has 5 rings (SSSR count). The highest BCUT2D eigenvalue weighted by molar-refractivity contribution is 5.91. The second-order valence-electron chi connectivity index (χ2n) is 9.91. The Balaban J connectivity index is 1.12. The maximum absolute atomic E-state index is 13.4. The van der Waals surface area contributed by atoms with Crippen LogP contribution in [0.1, 0.15) is 49.8 Å². The van der Waals surface area contributed by atoms with Gasteiger partial charge in [0.1, 0.15) is 11.6 Å². The van der Waals surface area contributed by atoms with Gasteiger partial charge >= 0.3 is 0 Å². The lowest BCUT2D eigenvalue weighted by molar-refractivity contribution is -0.120. The van der Waals surface area contributed by atoms with E-state index in [2.05, 4.69) is 10.1 Å². The summed E-state index contributed by atoms with van der Waals surface area (Å²) < 4.78 is 30.5. The van der Waals surface area contributed by atoms with E-state index in [1.165, 1.54) is 12.1 Å². The molecule has 0 saturated carbocycles. The second-order valence-corrected chi connectivity index (χ2v) is 9.91. The monoisotopic (exact) mass is 504 g/mol. The van der Waals surface area contributed by atoms with Crippen LogP contribution >= 0.6 is 0 Å². The van der Waals surface area contributed by atoms with Crippen LogP contribution in [0.25, 0.3) is 11.0 Å². The normalized spacial score (nSPS) is 20.4. The lowest BCUT2D eigenvalue weighted by Gasteiger charge is -2.31. The van der Waals surface area contributed by atoms with Gasteiger partial charge in [-0.2, -0.15) is 0 Å². The van der Waals surface area contributed by atoms with E-state index in [9.17, 15) is 9.18 Å². The van der Waals surface area contributed by atoms with E-state index in [1.807, 2.05) is 42.5 Å². The molecule has 2 aliphatic rings. The number of Topliss-reactive ketones (excluding diaryl/α,β-unsaturated/α-hetero) is 1. The minimum absolute atomic E-state index is 0.109. The van der Waals surface area contributed by atoms with Crippen molar-refractivity contribution in [2.75, 3.05) is 33.4 Å². The number of likely N-dealkylation sites (tertiary alicyclic amines) is 1. The number of allylic oxidation sites excluding steroid dienone is 4. The Kier molecular flexibility index (Phi) is 7.42. The van der Waals surface area contributed by atoms with Crippen LogP contribution in [-0.2, 0) is 10.2 Å². The average molecular weight is 505 g/mol. The highest BCUT2D eigenvalue weighted by Gasteiger charge is 2.35. The van der Waals surface area contributed by atoms with E-state index in [4.69, 9.17) is 14.0 Å². The fourth-order valence-electron chi connectivity index (χ4n) is 5.49. The van der Waals surface area contributed by atoms with Gasteiger partial charge in [0, 0.05) is 23.9 Å². The third-order valence-corrected chi connectivity index (χ3v) is 7.69. The van der Waals surface area contributed by atoms with Crippen molar-refractivity contribution in [2.24, 2.45) is 0 Å². The molecule has 194 valence electrons. The molecule has 1 aliphatic heterocycles. The number of carbonyl (C=O) groups excluding carboxylic acids is 1. The van der Waals surface area contributed by atoms with Gasteiger partial charge in [0.05, 0.1) is 24.8 Å². The summed E-state index contributed by atoms with van der Waals surface area (Å²) in [6.07, 6.45) is 11.4. The van der Waals surface area contributed by atoms with Gasteiger partial charge in [-0.1, -0.05) is 35.5 Å². The minimum Gasteiger partial charge on any atom is -0.493 e. The summed E-state index contributed by atoms with van der Waals surface area (Å²) in [6, 6.07) is 10.4. The average Bonchev–Trinajstić information content (AvgIpc) is 3.34. The molecule has 1 aromatic heterocycles. The van der Waals surface area contributed by atoms with E-state index >= 15 is 0 Å². The van der Waals surface area contributed by atoms with Crippen LogP contribution in [0, 0.1) is 5.82 Å². The molecule has 1 unspecified atom stereocenters. The molecule has 1 atom stereocenters. The molecular weight excluding hydrogens is 471 g/mol. The number of carbonyl (C=O) groups is 1. The first-order valence-corrected chi connectivity index (χ1v) is 12.9. The first kappa shape index (κ1) is 25.2. The Bertz CT molecular complexity index is 1320. The molecule has 0 radical (unpaired) electrons. The number of nitrogens with zero attached hydrogens (tertiary/aromatic N) is 2. The molecule has 6 nitrogen and oxygen atoms in total. The molecule has 0 spiro atoms. The minimum atomic E-state index is -0.652. The second kappa shape index (κ2) is 10.9. The van der Waals surface area contributed by atoms with Gasteiger partial charge in [0.2, 0.25) is 0 Å². The molecule has 37 heavy (non-hydrogen) atoms. The number of piperidine rings is 1. The predicted octanol–water partition coefficient (Wildman–Crippen LogP) is 5.97. The summed E-state index contributed by atoms with van der Waals surface area (Å²) in [4.78, 5) is 15.0. The van der Waals surface area contributed by atoms with E-state index in [0.717, 1.165) is 55.5 Å². The zero-order chi connectivity index (χ0) is 25.8. The number of rotatable bonds is 9. The number of aromatic nitrogens is 1. The third-order valence-electron chi connectivity index (χ3n) is 7.69. The fraction of sp³-hybridized carbons (Fsp3) is 0.400. The van der Waals surface area contributed by atoms with E-state index in [0.29, 0.717) is 36.0 Å². The molecule has 0 bridgehead atoms. The molecule has 7 heteroatoms. The molecule has 2 heterocycles. The lowest BCUT2D eigenvalue weighted by atomic mass is 9.72. The zero-order valence-electron chi connectivity index (χ0n) is 21.4. The Labute approximate surface area is 216 Å². The van der Waals surface area contributed by atoms with Crippen molar-refractivity contribution in [1.82, 2.24) is 10.1 Å². The summed E-state index contributed by atoms with van der Waals surface area (Å²) in [5.41, 5.74) is 1.72. The quantitative estimate of drug-likeness (QED) is 0.335. The molecule has 1 saturated heterocycles. The molecule has 2 aromatic carbocycles. The number of hydrogen-bond acceptors (Lipinski definition) is 6. The van der Waals surface area contributed by atoms with Crippen LogP contribution in [0.15, 0.2) is 65.2 Å². The number of hydrogen-bond donors (Lipinski definition) is 0. The van der Waals surface area contributed by atoms with Crippen molar-refractivity contribution in [2.45, 2.75) is 43.9 Å². The van der Waals surface area contributed by atoms with Crippen molar-refractivity contribution in [3.63, 3.8) is 0 Å². The highest BCUT2D eigenvalue weighted by atomic mass is 19.1. The van der Waals surface area contributed by atoms with E-state index in [1.54, 1.807) is 20.1 Å². The molecular formula is C30H33FN2O4. The van der Waals surface area contributed by atoms with Crippen LogP contribution in [0.2, 0.25) is 0 Å². The van der Waals surface area contributed by atoms with Crippen molar-refractivity contribution >= 4 is 16.8 Å². The summed E-state index contributed by atoms with van der Waals surface area (Å²) in [5, 5.41) is 5.16. The van der Waals surface area contributed by atoms with Crippen LogP contribution in [0.3, 0.4) is 0 Å². The first-order chi connectivity index (χ1) is 18.0. The molecule has 3 aromatic rings. The zero-order valence-corrected chi connectivity index (χ0v) is 21.4. The Morgan fingerprint density at radius 3 is 2.73 bits per heavy atom. The van der Waals surface area contributed by atoms with E-state index in [-0.39, 0.29) is 11.6 Å². The molecule has 1 fully saturated rings. The highest BCUT2D eigenvalue weighted by Crippen LogP contribution is 2.39. The van der Waals surface area contributed by atoms with Gasteiger partial charge < -0.3 is 18.9 Å². The van der Waals surface area contributed by atoms with Crippen molar-refractivity contribution in [1.29, 1.82) is 0 Å². The summed E-state index contributed by atoms with van der Waals surface area (Å²) in [7, 11) is 1.63. The number of methoxy groups -OCH3 is 1. The van der Waals surface area contributed by atoms with Gasteiger partial charge in [-0.05, 0) is 75.5 Å². The van der Waals surface area contributed by atoms with Crippen LogP contribution in [-0.4, -0.2) is 49.2 Å². The smallest absolute Gasteiger partial charge is 0.170 e. The fourth-order valence-corrected chi connectivity index (χ4v) is 5.49. The van der Waals surface area contributed by atoms with E-state index < -0.39 is 5.41 Å². The van der Waals surface area contributed by atoms with Gasteiger partial charge in [-0.15, -0.1) is 0 Å².